The molecule has 0 unspecified atom stereocenters. The number of fused-ring (bicyclic) bond motifs is 18. The highest BCUT2D eigenvalue weighted by Crippen LogP contribution is 2.46. The SMILES string of the molecule is Cc1cc(C)c2c(c1C)-c1cccnc1C2.Cc1cc2c(c(C)c1C)-c1cccnc1C2.Cc1ccc2c(c1C)-c1c(C)ccnc1C2.Cc1ccc2c(c1C)-c1cccnc1C2.Cc1ccc2c(c1C)Cc1ccc(C)c(C)c1-2.Cc1cnc2c(c1)-c1c(ccc(C)c1C)C2. The summed E-state index contributed by atoms with van der Waals surface area (Å²) in [5, 5.41) is 0. The van der Waals surface area contributed by atoms with Gasteiger partial charge in [-0.3, -0.25) is 24.9 Å². The number of benzene rings is 7. The molecule has 0 saturated carbocycles. The lowest BCUT2D eigenvalue weighted by atomic mass is 9.93. The van der Waals surface area contributed by atoms with Crippen molar-refractivity contribution in [2.45, 2.75) is 163 Å². The van der Waals surface area contributed by atoms with E-state index in [9.17, 15) is 0 Å². The smallest absolute Gasteiger partial charge is 0.0528 e. The Morgan fingerprint density at radius 1 is 0.219 bits per heavy atom. The molecule has 6 aliphatic carbocycles. The summed E-state index contributed by atoms with van der Waals surface area (Å²) in [7, 11) is 0. The molecule has 96 heavy (non-hydrogen) atoms. The second-order valence-electron chi connectivity index (χ2n) is 28.2. The molecule has 0 aliphatic heterocycles. The first kappa shape index (κ1) is 65.0. The predicted molar refractivity (Wildman–Crippen MR) is 402 cm³/mol. The number of rotatable bonds is 0. The molecule has 0 saturated heterocycles. The molecule has 6 aliphatic rings. The van der Waals surface area contributed by atoms with Crippen LogP contribution in [0.3, 0.4) is 0 Å². The molecule has 5 heterocycles. The molecule has 5 heteroatoms. The van der Waals surface area contributed by atoms with Gasteiger partial charge in [0.1, 0.15) is 0 Å². The van der Waals surface area contributed by atoms with Gasteiger partial charge in [-0.1, -0.05) is 91.0 Å². The van der Waals surface area contributed by atoms with E-state index < -0.39 is 0 Å². The Hall–Kier alpha value is -9.71. The van der Waals surface area contributed by atoms with Crippen molar-refractivity contribution < 1.29 is 0 Å². The second kappa shape index (κ2) is 26.1. The number of hydrogen-bond donors (Lipinski definition) is 0. The quantitative estimate of drug-likeness (QED) is 0.151. The van der Waals surface area contributed by atoms with Gasteiger partial charge in [-0.25, -0.2) is 0 Å². The van der Waals surface area contributed by atoms with Crippen molar-refractivity contribution in [3.63, 3.8) is 0 Å². The Balaban J connectivity index is 0.000000104. The highest BCUT2D eigenvalue weighted by Gasteiger charge is 2.28. The normalized spacial score (nSPS) is 12.4. The van der Waals surface area contributed by atoms with Crippen molar-refractivity contribution in [2.75, 3.05) is 0 Å². The maximum absolute atomic E-state index is 4.54. The zero-order valence-corrected chi connectivity index (χ0v) is 59.9. The topological polar surface area (TPSA) is 64.5 Å². The van der Waals surface area contributed by atoms with Gasteiger partial charge in [-0.15, -0.1) is 0 Å². The summed E-state index contributed by atoms with van der Waals surface area (Å²) in [4.78, 5) is 22.5. The Kier molecular flexibility index (Phi) is 17.7. The van der Waals surface area contributed by atoms with Gasteiger partial charge in [-0.05, 0) is 339 Å². The summed E-state index contributed by atoms with van der Waals surface area (Å²) in [6.45, 7) is 39.6. The molecule has 7 aromatic carbocycles. The minimum atomic E-state index is 0.992. The molecule has 0 bridgehead atoms. The zero-order chi connectivity index (χ0) is 67.7. The Morgan fingerprint density at radius 3 is 1.20 bits per heavy atom. The number of aromatic nitrogens is 5. The standard InChI is InChI=1S/C17H18.4C15H15N.C14H13N/c1-10-6-8-15-16(12(10)3)9-14-7-5-11(2)13(4)17(14)15;1-9-6-13-14(16-8-9)7-12-5-4-10(2)11(3)15(12)13;1-9-4-5-12-8-13-14(15(12)11(9)3)10(2)6-7-16-13;1-9-7-12-8-14-13(5-4-6-16-14)15(12)11(3)10(9)2;1-9-7-10(2)13-8-14-12(5-4-6-16-14)15(13)11(9)3;1-9-5-6-11-8-13-12(4-3-7-15-13)14(11)10(9)2/h5-8H,9H2,1-4H3;4-6,8H,7H2,1-3H3;3*4-7H,8H2,1-3H3;3-7H,8H2,1-2H3. The van der Waals surface area contributed by atoms with Gasteiger partial charge < -0.3 is 0 Å². The van der Waals surface area contributed by atoms with Crippen LogP contribution in [0.5, 0.6) is 0 Å². The van der Waals surface area contributed by atoms with Crippen molar-refractivity contribution >= 4 is 0 Å². The van der Waals surface area contributed by atoms with E-state index in [-0.39, 0.29) is 0 Å². The first-order valence-electron chi connectivity index (χ1n) is 34.5. The Bertz CT molecular complexity index is 5150. The predicted octanol–water partition coefficient (Wildman–Crippen LogP) is 22.1. The molecule has 18 rings (SSSR count). The summed E-state index contributed by atoms with van der Waals surface area (Å²) in [6.07, 6.45) is 15.6. The van der Waals surface area contributed by atoms with E-state index in [0.29, 0.717) is 0 Å². The number of nitrogens with zero attached hydrogens (tertiary/aromatic N) is 5. The van der Waals surface area contributed by atoms with Crippen LogP contribution in [-0.4, -0.2) is 24.9 Å². The summed E-state index contributed by atoms with van der Waals surface area (Å²) < 4.78 is 0. The van der Waals surface area contributed by atoms with Gasteiger partial charge in [0.05, 0.1) is 28.5 Å². The first-order valence-corrected chi connectivity index (χ1v) is 34.5. The third-order valence-corrected chi connectivity index (χ3v) is 22.3. The van der Waals surface area contributed by atoms with Crippen LogP contribution in [0, 0.1) is 125 Å². The van der Waals surface area contributed by atoms with Gasteiger partial charge >= 0.3 is 0 Å². The third-order valence-electron chi connectivity index (χ3n) is 22.3. The molecule has 0 radical (unpaired) electrons. The monoisotopic (exact) mass is 1250 g/mol. The van der Waals surface area contributed by atoms with Gasteiger partial charge in [0.2, 0.25) is 0 Å². The highest BCUT2D eigenvalue weighted by molar-refractivity contribution is 5.85. The number of aryl methyl sites for hydroxylation is 10. The maximum Gasteiger partial charge on any atom is 0.0528 e. The van der Waals surface area contributed by atoms with Gasteiger partial charge in [0.15, 0.2) is 0 Å². The molecule has 12 aromatic rings. The molecule has 5 aromatic heterocycles. The van der Waals surface area contributed by atoms with Gasteiger partial charge in [-0.2, -0.15) is 0 Å². The lowest BCUT2D eigenvalue weighted by Crippen LogP contribution is -1.92. The van der Waals surface area contributed by atoms with E-state index in [1.165, 1.54) is 234 Å². The van der Waals surface area contributed by atoms with Crippen LogP contribution in [-0.2, 0) is 38.5 Å². The van der Waals surface area contributed by atoms with E-state index in [4.69, 9.17) is 0 Å². The lowest BCUT2D eigenvalue weighted by Gasteiger charge is -2.11. The molecule has 0 atom stereocenters. The largest absolute Gasteiger partial charge is 0.260 e. The van der Waals surface area contributed by atoms with E-state index in [0.717, 1.165) is 38.5 Å². The average Bonchev–Trinajstić information content (AvgIpc) is 1.62. The van der Waals surface area contributed by atoms with Crippen molar-refractivity contribution in [3.05, 3.63) is 320 Å². The molecule has 5 nitrogen and oxygen atoms in total. The Labute approximate surface area is 571 Å². The fourth-order valence-electron chi connectivity index (χ4n) is 15.8. The summed E-state index contributed by atoms with van der Waals surface area (Å²) >= 11 is 0. The van der Waals surface area contributed by atoms with Crippen LogP contribution in [0.4, 0.5) is 0 Å². The molecule has 0 amide bonds. The minimum Gasteiger partial charge on any atom is -0.260 e. The van der Waals surface area contributed by atoms with E-state index >= 15 is 0 Å². The number of hydrogen-bond acceptors (Lipinski definition) is 5. The molecule has 0 fully saturated rings. The summed E-state index contributed by atoms with van der Waals surface area (Å²) in [6, 6.07) is 44.1. The first-order chi connectivity index (χ1) is 46.1. The van der Waals surface area contributed by atoms with Crippen LogP contribution in [0.2, 0.25) is 0 Å². The fraction of sp³-hybridized carbons (Fsp3) is 0.264. The van der Waals surface area contributed by atoms with Crippen LogP contribution >= 0.6 is 0 Å². The average molecular weight is 1250 g/mol. The van der Waals surface area contributed by atoms with Crippen molar-refractivity contribution in [1.29, 1.82) is 0 Å². The molecule has 480 valence electrons. The number of pyridine rings is 5. The van der Waals surface area contributed by atoms with Crippen LogP contribution in [0.1, 0.15) is 168 Å². The molecular weight excluding hydrogens is 1160 g/mol. The van der Waals surface area contributed by atoms with Crippen molar-refractivity contribution in [3.8, 4) is 66.8 Å². The van der Waals surface area contributed by atoms with Crippen LogP contribution in [0.25, 0.3) is 66.8 Å². The molecule has 0 spiro atoms. The summed E-state index contributed by atoms with van der Waals surface area (Å²) in [5.41, 5.74) is 58.2. The zero-order valence-electron chi connectivity index (χ0n) is 59.9. The highest BCUT2D eigenvalue weighted by atomic mass is 14.7. The minimum absolute atomic E-state index is 0.992. The molecule has 0 N–H and O–H groups in total. The van der Waals surface area contributed by atoms with Gasteiger partial charge in [0.25, 0.3) is 0 Å². The molecular formula is C91H91N5. The van der Waals surface area contributed by atoms with Crippen molar-refractivity contribution in [1.82, 2.24) is 24.9 Å². The summed E-state index contributed by atoms with van der Waals surface area (Å²) in [5.74, 6) is 0. The van der Waals surface area contributed by atoms with E-state index in [2.05, 4.69) is 253 Å². The lowest BCUT2D eigenvalue weighted by molar-refractivity contribution is 1.10. The van der Waals surface area contributed by atoms with E-state index in [1.54, 1.807) is 0 Å². The van der Waals surface area contributed by atoms with E-state index in [1.807, 2.05) is 49.2 Å². The van der Waals surface area contributed by atoms with Crippen LogP contribution in [0.15, 0.2) is 152 Å². The maximum atomic E-state index is 4.54. The Morgan fingerprint density at radius 2 is 0.625 bits per heavy atom. The fourth-order valence-corrected chi connectivity index (χ4v) is 15.8. The van der Waals surface area contributed by atoms with Crippen LogP contribution < -0.4 is 0 Å². The third kappa shape index (κ3) is 11.7. The van der Waals surface area contributed by atoms with Gasteiger partial charge in [0, 0.05) is 90.9 Å². The second-order valence-corrected chi connectivity index (χ2v) is 28.2. The van der Waals surface area contributed by atoms with Crippen molar-refractivity contribution in [2.24, 2.45) is 0 Å².